The zero-order chi connectivity index (χ0) is 12.6. The van der Waals surface area contributed by atoms with E-state index < -0.39 is 15.9 Å². The molecule has 7 heteroatoms. The van der Waals surface area contributed by atoms with Crippen LogP contribution >= 0.6 is 0 Å². The minimum Gasteiger partial charge on any atom is -0.748 e. The lowest BCUT2D eigenvalue weighted by Crippen LogP contribution is -2.40. The van der Waals surface area contributed by atoms with Gasteiger partial charge in [0.05, 0.1) is 23.3 Å². The Morgan fingerprint density at radius 2 is 1.94 bits per heavy atom. The summed E-state index contributed by atoms with van der Waals surface area (Å²) in [6.45, 7) is 2.57. The Balaban J connectivity index is 4.12. The maximum absolute atomic E-state index is 10.4. The molecule has 0 saturated carbocycles. The molecule has 0 aliphatic heterocycles. The highest BCUT2D eigenvalue weighted by Gasteiger charge is 2.15. The summed E-state index contributed by atoms with van der Waals surface area (Å²) in [4.78, 5) is 1.80. The molecule has 98 valence electrons. The topological polar surface area (TPSA) is 101 Å². The Morgan fingerprint density at radius 3 is 2.31 bits per heavy atom. The van der Waals surface area contributed by atoms with Gasteiger partial charge in [0, 0.05) is 18.3 Å². The fraction of sp³-hybridized carbons (Fsp3) is 1.00. The fourth-order valence-corrected chi connectivity index (χ4v) is 2.04. The van der Waals surface area contributed by atoms with Crippen molar-refractivity contribution in [2.24, 2.45) is 0 Å². The van der Waals surface area contributed by atoms with Crippen LogP contribution in [0.3, 0.4) is 0 Å². The quantitative estimate of drug-likeness (QED) is 0.511. The number of hydrogen-bond acceptors (Lipinski definition) is 6. The molecule has 0 aliphatic carbocycles. The summed E-state index contributed by atoms with van der Waals surface area (Å²) in [5, 5.41) is 17.9. The Bertz CT molecular complexity index is 263. The van der Waals surface area contributed by atoms with Gasteiger partial charge in [0.1, 0.15) is 0 Å². The average Bonchev–Trinajstić information content (AvgIpc) is 2.17. The van der Waals surface area contributed by atoms with Gasteiger partial charge < -0.3 is 14.8 Å². The molecule has 0 aromatic carbocycles. The van der Waals surface area contributed by atoms with Gasteiger partial charge in [-0.3, -0.25) is 4.90 Å². The molecule has 0 aliphatic rings. The van der Waals surface area contributed by atoms with Crippen molar-refractivity contribution in [1.29, 1.82) is 0 Å². The normalized spacial score (nSPS) is 14.3. The predicted octanol–water partition coefficient (Wildman–Crippen LogP) is -1.01. The van der Waals surface area contributed by atoms with E-state index in [-0.39, 0.29) is 25.7 Å². The smallest absolute Gasteiger partial charge is 0.0946 e. The summed E-state index contributed by atoms with van der Waals surface area (Å²) in [6.07, 6.45) is 0.933. The first-order valence-corrected chi connectivity index (χ1v) is 6.91. The van der Waals surface area contributed by atoms with Crippen LogP contribution in [0.5, 0.6) is 0 Å². The van der Waals surface area contributed by atoms with Crippen LogP contribution in [-0.2, 0) is 10.1 Å². The van der Waals surface area contributed by atoms with E-state index in [4.69, 9.17) is 10.2 Å². The van der Waals surface area contributed by atoms with Gasteiger partial charge in [0.2, 0.25) is 0 Å². The van der Waals surface area contributed by atoms with E-state index in [1.54, 1.807) is 4.90 Å². The molecule has 1 unspecified atom stereocenters. The Kier molecular flexibility index (Phi) is 7.86. The largest absolute Gasteiger partial charge is 0.748 e. The minimum absolute atomic E-state index is 0.0410. The standard InChI is InChI=1S/C9H21NO5S/c1-2-9(8-12)10(5-6-11)4-3-7-16(13,14)15/h9,11-12H,2-8H2,1H3,(H,13,14,15)/p-1. The predicted molar refractivity (Wildman–Crippen MR) is 59.0 cm³/mol. The van der Waals surface area contributed by atoms with Crippen LogP contribution in [0.1, 0.15) is 19.8 Å². The van der Waals surface area contributed by atoms with Crippen molar-refractivity contribution in [3.63, 3.8) is 0 Å². The summed E-state index contributed by atoms with van der Waals surface area (Å²) in [6, 6.07) is -0.0958. The van der Waals surface area contributed by atoms with Crippen LogP contribution in [0.2, 0.25) is 0 Å². The van der Waals surface area contributed by atoms with Crippen molar-refractivity contribution in [2.45, 2.75) is 25.8 Å². The van der Waals surface area contributed by atoms with E-state index in [2.05, 4.69) is 0 Å². The van der Waals surface area contributed by atoms with E-state index in [0.717, 1.165) is 0 Å². The van der Waals surface area contributed by atoms with Gasteiger partial charge in [-0.2, -0.15) is 0 Å². The zero-order valence-corrected chi connectivity index (χ0v) is 10.3. The molecule has 0 rings (SSSR count). The third-order valence-corrected chi connectivity index (χ3v) is 3.21. The third-order valence-electron chi connectivity index (χ3n) is 2.43. The van der Waals surface area contributed by atoms with Crippen LogP contribution in [0.25, 0.3) is 0 Å². The Morgan fingerprint density at radius 1 is 1.31 bits per heavy atom. The van der Waals surface area contributed by atoms with E-state index in [1.807, 2.05) is 6.92 Å². The number of aliphatic hydroxyl groups is 2. The maximum atomic E-state index is 10.4. The second-order valence-electron chi connectivity index (χ2n) is 3.62. The Hall–Kier alpha value is -0.210. The van der Waals surface area contributed by atoms with Crippen molar-refractivity contribution < 1.29 is 23.2 Å². The third kappa shape index (κ3) is 7.13. The average molecular weight is 254 g/mol. The van der Waals surface area contributed by atoms with Gasteiger partial charge in [-0.05, 0) is 19.4 Å². The first-order valence-electron chi connectivity index (χ1n) is 5.34. The molecule has 0 bridgehead atoms. The van der Waals surface area contributed by atoms with Gasteiger partial charge in [-0.15, -0.1) is 0 Å². The number of aliphatic hydroxyl groups excluding tert-OH is 2. The Labute approximate surface area is 96.6 Å². The van der Waals surface area contributed by atoms with Gasteiger partial charge in [-0.25, -0.2) is 8.42 Å². The molecule has 0 aromatic heterocycles. The lowest BCUT2D eigenvalue weighted by molar-refractivity contribution is 0.0991. The van der Waals surface area contributed by atoms with E-state index in [0.29, 0.717) is 19.5 Å². The molecular weight excluding hydrogens is 234 g/mol. The van der Waals surface area contributed by atoms with Gasteiger partial charge in [0.25, 0.3) is 0 Å². The van der Waals surface area contributed by atoms with Gasteiger partial charge in [0.15, 0.2) is 0 Å². The highest BCUT2D eigenvalue weighted by atomic mass is 32.2. The lowest BCUT2D eigenvalue weighted by Gasteiger charge is -2.29. The van der Waals surface area contributed by atoms with Crippen molar-refractivity contribution in [3.8, 4) is 0 Å². The fourth-order valence-electron chi connectivity index (χ4n) is 1.55. The lowest BCUT2D eigenvalue weighted by atomic mass is 10.2. The highest BCUT2D eigenvalue weighted by Crippen LogP contribution is 2.05. The SMILES string of the molecule is CCC(CO)N(CCO)CCCS(=O)(=O)[O-]. The molecule has 2 N–H and O–H groups in total. The molecule has 0 fully saturated rings. The second kappa shape index (κ2) is 7.97. The van der Waals surface area contributed by atoms with Crippen molar-refractivity contribution in [2.75, 3.05) is 32.1 Å². The van der Waals surface area contributed by atoms with E-state index in [9.17, 15) is 13.0 Å². The highest BCUT2D eigenvalue weighted by molar-refractivity contribution is 7.85. The number of rotatable bonds is 9. The molecule has 6 nitrogen and oxygen atoms in total. The number of hydrogen-bond donors (Lipinski definition) is 2. The first-order chi connectivity index (χ1) is 7.44. The molecule has 0 heterocycles. The molecular formula is C9H20NO5S-. The summed E-state index contributed by atoms with van der Waals surface area (Å²) >= 11 is 0. The molecule has 1 atom stereocenters. The van der Waals surface area contributed by atoms with Crippen LogP contribution in [-0.4, -0.2) is 66.2 Å². The second-order valence-corrected chi connectivity index (χ2v) is 5.14. The van der Waals surface area contributed by atoms with Gasteiger partial charge >= 0.3 is 0 Å². The van der Waals surface area contributed by atoms with Crippen LogP contribution in [0.15, 0.2) is 0 Å². The molecule has 16 heavy (non-hydrogen) atoms. The van der Waals surface area contributed by atoms with Crippen LogP contribution in [0, 0.1) is 0 Å². The van der Waals surface area contributed by atoms with Crippen molar-refractivity contribution >= 4 is 10.1 Å². The van der Waals surface area contributed by atoms with E-state index >= 15 is 0 Å². The molecule has 0 spiro atoms. The summed E-state index contributed by atoms with van der Waals surface area (Å²) in [5.41, 5.74) is 0. The minimum atomic E-state index is -4.18. The molecule has 0 amide bonds. The summed E-state index contributed by atoms with van der Waals surface area (Å²) in [7, 11) is -4.18. The summed E-state index contributed by atoms with van der Waals surface area (Å²) in [5.74, 6) is -0.406. The van der Waals surface area contributed by atoms with Crippen LogP contribution in [0.4, 0.5) is 0 Å². The molecule has 0 radical (unpaired) electrons. The van der Waals surface area contributed by atoms with E-state index in [1.165, 1.54) is 0 Å². The summed E-state index contributed by atoms with van der Waals surface area (Å²) < 4.78 is 31.2. The van der Waals surface area contributed by atoms with Crippen molar-refractivity contribution in [3.05, 3.63) is 0 Å². The van der Waals surface area contributed by atoms with Crippen molar-refractivity contribution in [1.82, 2.24) is 4.90 Å². The number of nitrogens with zero attached hydrogens (tertiary/aromatic N) is 1. The molecule has 0 aromatic rings. The zero-order valence-electron chi connectivity index (χ0n) is 9.50. The first kappa shape index (κ1) is 15.8. The monoisotopic (exact) mass is 254 g/mol. The maximum Gasteiger partial charge on any atom is 0.0946 e. The van der Waals surface area contributed by atoms with Crippen LogP contribution < -0.4 is 0 Å². The van der Waals surface area contributed by atoms with Gasteiger partial charge in [-0.1, -0.05) is 6.92 Å². The molecule has 0 saturated heterocycles.